The molecular weight excluding hydrogens is 423 g/mol. The van der Waals surface area contributed by atoms with Gasteiger partial charge in [0.25, 0.3) is 0 Å². The maximum Gasteiger partial charge on any atom is 0.0406 e. The molecule has 2 aromatic rings. The van der Waals surface area contributed by atoms with Gasteiger partial charge >= 0.3 is 0 Å². The molecule has 0 nitrogen and oxygen atoms in total. The van der Waals surface area contributed by atoms with Crippen molar-refractivity contribution in [1.82, 2.24) is 0 Å². The molecule has 0 spiro atoms. The number of rotatable bonds is 4. The molecule has 0 radical (unpaired) electrons. The lowest BCUT2D eigenvalue weighted by Crippen LogP contribution is -2.35. The summed E-state index contributed by atoms with van der Waals surface area (Å²) in [6.45, 7) is 0. The van der Waals surface area contributed by atoms with Gasteiger partial charge in [-0.25, -0.2) is 0 Å². The molecular formula is C24H22Cl2S2. The largest absolute Gasteiger partial charge is 0.0948 e. The smallest absolute Gasteiger partial charge is 0.0406 e. The third-order valence-electron chi connectivity index (χ3n) is 6.47. The van der Waals surface area contributed by atoms with E-state index in [2.05, 4.69) is 36.4 Å². The van der Waals surface area contributed by atoms with E-state index in [4.69, 9.17) is 23.2 Å². The van der Waals surface area contributed by atoms with Gasteiger partial charge in [0.2, 0.25) is 0 Å². The standard InChI is InChI=1S/C24H22Cl2S2/c25-17-3-7-19(8-4-17)27-21-13-23-11-1-2-12-24(23,15-21)16-22(14-23)28-20-9-5-18(26)6-10-20/h3-10,13,16H,1-2,11-12,14-15H2/t23-,24+/m0/s1. The zero-order valence-corrected chi connectivity index (χ0v) is 18.7. The number of halogens is 2. The molecule has 4 heteroatoms. The number of allylic oxidation sites excluding steroid dienone is 4. The topological polar surface area (TPSA) is 0 Å². The van der Waals surface area contributed by atoms with Gasteiger partial charge in [0.05, 0.1) is 0 Å². The number of hydrogen-bond acceptors (Lipinski definition) is 2. The van der Waals surface area contributed by atoms with Crippen LogP contribution in [-0.4, -0.2) is 0 Å². The Bertz CT molecular complexity index is 866. The minimum absolute atomic E-state index is 0.328. The van der Waals surface area contributed by atoms with Crippen molar-refractivity contribution in [2.75, 3.05) is 0 Å². The highest BCUT2D eigenvalue weighted by atomic mass is 35.5. The summed E-state index contributed by atoms with van der Waals surface area (Å²) in [7, 11) is 0. The van der Waals surface area contributed by atoms with E-state index in [9.17, 15) is 0 Å². The molecule has 144 valence electrons. The maximum atomic E-state index is 6.05. The SMILES string of the molecule is Clc1ccc(SC2=C[C@]34CCCC[C@]3(C=C(Sc3ccc(Cl)cc3)C4)C2)cc1. The fourth-order valence-corrected chi connectivity index (χ4v) is 7.85. The first-order valence-electron chi connectivity index (χ1n) is 9.86. The van der Waals surface area contributed by atoms with Crippen molar-refractivity contribution in [3.63, 3.8) is 0 Å². The van der Waals surface area contributed by atoms with E-state index in [0.717, 1.165) is 10.0 Å². The van der Waals surface area contributed by atoms with Crippen molar-refractivity contribution >= 4 is 46.7 Å². The van der Waals surface area contributed by atoms with E-state index in [-0.39, 0.29) is 0 Å². The minimum Gasteiger partial charge on any atom is -0.0948 e. The average molecular weight is 445 g/mol. The molecule has 0 saturated heterocycles. The third-order valence-corrected chi connectivity index (χ3v) is 9.03. The fourth-order valence-electron chi connectivity index (χ4n) is 5.22. The van der Waals surface area contributed by atoms with E-state index in [1.54, 1.807) is 0 Å². The first-order chi connectivity index (χ1) is 13.6. The van der Waals surface area contributed by atoms with E-state index in [1.165, 1.54) is 58.1 Å². The molecule has 0 aliphatic heterocycles. The molecule has 1 fully saturated rings. The summed E-state index contributed by atoms with van der Waals surface area (Å²) in [4.78, 5) is 5.66. The minimum atomic E-state index is 0.328. The molecule has 3 aliphatic rings. The monoisotopic (exact) mass is 444 g/mol. The maximum absolute atomic E-state index is 6.05. The summed E-state index contributed by atoms with van der Waals surface area (Å²) < 4.78 is 0. The van der Waals surface area contributed by atoms with Crippen molar-refractivity contribution in [1.29, 1.82) is 0 Å². The Labute approximate surface area is 185 Å². The Kier molecular flexibility index (Phi) is 5.12. The lowest BCUT2D eigenvalue weighted by atomic mass is 9.59. The van der Waals surface area contributed by atoms with Crippen molar-refractivity contribution in [3.8, 4) is 0 Å². The van der Waals surface area contributed by atoms with Gasteiger partial charge in [0.1, 0.15) is 0 Å². The van der Waals surface area contributed by atoms with E-state index in [1.807, 2.05) is 47.8 Å². The molecule has 3 aliphatic carbocycles. The van der Waals surface area contributed by atoms with Gasteiger partial charge < -0.3 is 0 Å². The first-order valence-corrected chi connectivity index (χ1v) is 12.3. The van der Waals surface area contributed by atoms with Crippen LogP contribution in [0.15, 0.2) is 80.3 Å². The highest BCUT2D eigenvalue weighted by Crippen LogP contribution is 2.69. The predicted octanol–water partition coefficient (Wildman–Crippen LogP) is 9.00. The van der Waals surface area contributed by atoms with Crippen molar-refractivity contribution in [2.45, 2.75) is 48.3 Å². The van der Waals surface area contributed by atoms with Crippen LogP contribution in [0.5, 0.6) is 0 Å². The molecule has 0 unspecified atom stereocenters. The summed E-state index contributed by atoms with van der Waals surface area (Å²) >= 11 is 16.0. The summed E-state index contributed by atoms with van der Waals surface area (Å²) in [6.07, 6.45) is 13.0. The third kappa shape index (κ3) is 3.47. The van der Waals surface area contributed by atoms with Crippen LogP contribution >= 0.6 is 46.7 Å². The second-order valence-electron chi connectivity index (χ2n) is 8.21. The van der Waals surface area contributed by atoms with E-state index in [0.29, 0.717) is 10.8 Å². The summed E-state index contributed by atoms with van der Waals surface area (Å²) in [5.74, 6) is 0. The van der Waals surface area contributed by atoms with Gasteiger partial charge in [0.15, 0.2) is 0 Å². The number of hydrogen-bond donors (Lipinski definition) is 0. The van der Waals surface area contributed by atoms with Crippen LogP contribution in [0.25, 0.3) is 0 Å². The molecule has 0 amide bonds. The Morgan fingerprint density at radius 1 is 0.607 bits per heavy atom. The van der Waals surface area contributed by atoms with Crippen molar-refractivity contribution < 1.29 is 0 Å². The van der Waals surface area contributed by atoms with Crippen LogP contribution in [0, 0.1) is 10.8 Å². The number of thioether (sulfide) groups is 2. The van der Waals surface area contributed by atoms with Crippen LogP contribution in [0.4, 0.5) is 0 Å². The fraction of sp³-hybridized carbons (Fsp3) is 0.333. The second-order valence-corrected chi connectivity index (χ2v) is 11.5. The molecule has 0 N–H and O–H groups in total. The van der Waals surface area contributed by atoms with E-state index >= 15 is 0 Å². The van der Waals surface area contributed by atoms with Gasteiger partial charge in [-0.15, -0.1) is 0 Å². The zero-order valence-electron chi connectivity index (χ0n) is 15.6. The normalized spacial score (nSPS) is 28.5. The molecule has 2 aromatic carbocycles. The molecule has 0 heterocycles. The molecule has 1 saturated carbocycles. The molecule has 28 heavy (non-hydrogen) atoms. The van der Waals surface area contributed by atoms with Crippen LogP contribution in [0.2, 0.25) is 10.0 Å². The van der Waals surface area contributed by atoms with Gasteiger partial charge in [-0.1, -0.05) is 71.7 Å². The highest BCUT2D eigenvalue weighted by molar-refractivity contribution is 8.03. The Morgan fingerprint density at radius 3 is 1.39 bits per heavy atom. The van der Waals surface area contributed by atoms with Gasteiger partial charge in [-0.2, -0.15) is 0 Å². The zero-order chi connectivity index (χ0) is 19.2. The van der Waals surface area contributed by atoms with Crippen molar-refractivity contribution in [3.05, 3.63) is 80.5 Å². The van der Waals surface area contributed by atoms with Crippen LogP contribution in [0.1, 0.15) is 38.5 Å². The van der Waals surface area contributed by atoms with Crippen molar-refractivity contribution in [2.24, 2.45) is 10.8 Å². The molecule has 0 aromatic heterocycles. The lowest BCUT2D eigenvalue weighted by Gasteiger charge is -2.44. The Hall–Kier alpha value is -0.800. The molecule has 0 bridgehead atoms. The highest BCUT2D eigenvalue weighted by Gasteiger charge is 2.57. The predicted molar refractivity (Wildman–Crippen MR) is 123 cm³/mol. The van der Waals surface area contributed by atoms with Gasteiger partial charge in [0, 0.05) is 30.7 Å². The average Bonchev–Trinajstić information content (AvgIpc) is 3.14. The molecule has 2 atom stereocenters. The van der Waals surface area contributed by atoms with E-state index < -0.39 is 0 Å². The summed E-state index contributed by atoms with van der Waals surface area (Å²) in [5, 5.41) is 1.61. The van der Waals surface area contributed by atoms with Gasteiger partial charge in [-0.3, -0.25) is 0 Å². The molecule has 5 rings (SSSR count). The number of benzene rings is 2. The van der Waals surface area contributed by atoms with Gasteiger partial charge in [-0.05, 0) is 84.0 Å². The Morgan fingerprint density at radius 2 is 1.00 bits per heavy atom. The van der Waals surface area contributed by atoms with Crippen LogP contribution in [-0.2, 0) is 0 Å². The second kappa shape index (κ2) is 7.47. The quantitative estimate of drug-likeness (QED) is 0.460. The first kappa shape index (κ1) is 19.2. The summed E-state index contributed by atoms with van der Waals surface area (Å²) in [6, 6.07) is 16.5. The summed E-state index contributed by atoms with van der Waals surface area (Å²) in [5.41, 5.74) is 0.656. The lowest BCUT2D eigenvalue weighted by molar-refractivity contribution is 0.110. The van der Waals surface area contributed by atoms with Crippen LogP contribution < -0.4 is 0 Å². The van der Waals surface area contributed by atoms with Crippen LogP contribution in [0.3, 0.4) is 0 Å². The Balaban J connectivity index is 1.38.